The maximum atomic E-state index is 11.5. The van der Waals surface area contributed by atoms with E-state index in [1.165, 1.54) is 24.0 Å². The molecule has 0 heterocycles. The lowest BCUT2D eigenvalue weighted by Gasteiger charge is -2.27. The fraction of sp³-hybridized carbons (Fsp3) is 0.588. The number of carbonyl (C=O) groups excluding carboxylic acids is 1. The van der Waals surface area contributed by atoms with Crippen molar-refractivity contribution >= 4 is 5.91 Å². The van der Waals surface area contributed by atoms with Crippen LogP contribution in [0.1, 0.15) is 50.3 Å². The molecule has 1 aromatic carbocycles. The zero-order valence-electron chi connectivity index (χ0n) is 13.2. The van der Waals surface area contributed by atoms with Gasteiger partial charge in [-0.3, -0.25) is 4.79 Å². The minimum Gasteiger partial charge on any atom is -0.481 e. The summed E-state index contributed by atoms with van der Waals surface area (Å²) in [5, 5.41) is 6.21. The Hall–Kier alpha value is -1.55. The normalized spacial score (nSPS) is 18.7. The molecule has 1 amide bonds. The van der Waals surface area contributed by atoms with E-state index in [1.807, 2.05) is 6.07 Å². The lowest BCUT2D eigenvalue weighted by molar-refractivity contribution is -0.126. The Morgan fingerprint density at radius 2 is 2.29 bits per heavy atom. The number of fused-ring (bicyclic) bond motifs is 1. The number of rotatable bonds is 6. The zero-order valence-corrected chi connectivity index (χ0v) is 13.2. The highest BCUT2D eigenvalue weighted by Gasteiger charge is 2.20. The van der Waals surface area contributed by atoms with Gasteiger partial charge in [-0.2, -0.15) is 0 Å². The van der Waals surface area contributed by atoms with Gasteiger partial charge in [-0.1, -0.05) is 13.0 Å². The van der Waals surface area contributed by atoms with Gasteiger partial charge in [0.2, 0.25) is 0 Å². The molecule has 1 aliphatic carbocycles. The van der Waals surface area contributed by atoms with Gasteiger partial charge in [0.15, 0.2) is 6.10 Å². The van der Waals surface area contributed by atoms with Crippen molar-refractivity contribution in [2.24, 2.45) is 0 Å². The van der Waals surface area contributed by atoms with Crippen molar-refractivity contribution in [2.75, 3.05) is 13.6 Å². The van der Waals surface area contributed by atoms with Crippen molar-refractivity contribution in [3.8, 4) is 5.75 Å². The highest BCUT2D eigenvalue weighted by Crippen LogP contribution is 2.32. The SMILES string of the molecule is CCCNC1CCCc2cc(OC(C)C(=O)NC)ccc21. The summed E-state index contributed by atoms with van der Waals surface area (Å²) in [7, 11) is 1.62. The Morgan fingerprint density at radius 1 is 1.48 bits per heavy atom. The first-order chi connectivity index (χ1) is 10.2. The predicted octanol–water partition coefficient (Wildman–Crippen LogP) is 2.58. The molecule has 21 heavy (non-hydrogen) atoms. The number of ether oxygens (including phenoxy) is 1. The molecule has 0 spiro atoms. The third kappa shape index (κ3) is 3.97. The maximum absolute atomic E-state index is 11.5. The van der Waals surface area contributed by atoms with Crippen molar-refractivity contribution < 1.29 is 9.53 Å². The molecule has 2 unspecified atom stereocenters. The van der Waals surface area contributed by atoms with Crippen LogP contribution in [0.25, 0.3) is 0 Å². The number of nitrogens with one attached hydrogen (secondary N) is 2. The molecule has 4 nitrogen and oxygen atoms in total. The van der Waals surface area contributed by atoms with Crippen LogP contribution in [0.15, 0.2) is 18.2 Å². The molecule has 4 heteroatoms. The van der Waals surface area contributed by atoms with E-state index in [9.17, 15) is 4.79 Å². The van der Waals surface area contributed by atoms with Crippen LogP contribution < -0.4 is 15.4 Å². The molecule has 0 radical (unpaired) electrons. The number of carbonyl (C=O) groups is 1. The van der Waals surface area contributed by atoms with Crippen LogP contribution in [-0.4, -0.2) is 25.6 Å². The molecular formula is C17H26N2O2. The average Bonchev–Trinajstić information content (AvgIpc) is 2.51. The van der Waals surface area contributed by atoms with E-state index < -0.39 is 6.10 Å². The summed E-state index contributed by atoms with van der Waals surface area (Å²) in [6, 6.07) is 6.67. The van der Waals surface area contributed by atoms with Crippen molar-refractivity contribution in [1.29, 1.82) is 0 Å². The molecule has 2 N–H and O–H groups in total. The first-order valence-corrected chi connectivity index (χ1v) is 7.90. The number of likely N-dealkylation sites (N-methyl/N-ethyl adjacent to an activating group) is 1. The van der Waals surface area contributed by atoms with E-state index in [-0.39, 0.29) is 5.91 Å². The second-order valence-electron chi connectivity index (χ2n) is 5.63. The van der Waals surface area contributed by atoms with Crippen molar-refractivity contribution in [1.82, 2.24) is 10.6 Å². The molecule has 1 aromatic rings. The largest absolute Gasteiger partial charge is 0.481 e. The van der Waals surface area contributed by atoms with Crippen molar-refractivity contribution in [3.05, 3.63) is 29.3 Å². The van der Waals surface area contributed by atoms with E-state index >= 15 is 0 Å². The molecule has 1 aliphatic rings. The Balaban J connectivity index is 2.10. The van der Waals surface area contributed by atoms with Crippen LogP contribution in [0, 0.1) is 0 Å². The van der Waals surface area contributed by atoms with E-state index in [0.29, 0.717) is 6.04 Å². The van der Waals surface area contributed by atoms with Gasteiger partial charge in [0, 0.05) is 13.1 Å². The lowest BCUT2D eigenvalue weighted by atomic mass is 9.87. The number of hydrogen-bond donors (Lipinski definition) is 2. The summed E-state index contributed by atoms with van der Waals surface area (Å²) in [4.78, 5) is 11.5. The molecule has 0 aromatic heterocycles. The van der Waals surface area contributed by atoms with Crippen LogP contribution in [0.3, 0.4) is 0 Å². The molecule has 0 bridgehead atoms. The van der Waals surface area contributed by atoms with Gasteiger partial charge >= 0.3 is 0 Å². The second kappa shape index (κ2) is 7.46. The van der Waals surface area contributed by atoms with Crippen molar-refractivity contribution in [3.63, 3.8) is 0 Å². The number of amides is 1. The fourth-order valence-corrected chi connectivity index (χ4v) is 2.86. The van der Waals surface area contributed by atoms with Crippen molar-refractivity contribution in [2.45, 2.75) is 51.7 Å². The number of benzene rings is 1. The van der Waals surface area contributed by atoms with E-state index in [0.717, 1.165) is 25.1 Å². The summed E-state index contributed by atoms with van der Waals surface area (Å²) in [6.07, 6.45) is 4.16. The Morgan fingerprint density at radius 3 is 3.00 bits per heavy atom. The van der Waals surface area contributed by atoms with Gasteiger partial charge in [-0.25, -0.2) is 0 Å². The number of hydrogen-bond acceptors (Lipinski definition) is 3. The van der Waals surface area contributed by atoms with E-state index in [4.69, 9.17) is 4.74 Å². The monoisotopic (exact) mass is 290 g/mol. The molecule has 0 saturated carbocycles. The van der Waals surface area contributed by atoms with Crippen LogP contribution in [-0.2, 0) is 11.2 Å². The topological polar surface area (TPSA) is 50.4 Å². The highest BCUT2D eigenvalue weighted by atomic mass is 16.5. The van der Waals surface area contributed by atoms with Gasteiger partial charge in [-0.15, -0.1) is 0 Å². The van der Waals surface area contributed by atoms with Crippen LogP contribution in [0.5, 0.6) is 5.75 Å². The first kappa shape index (κ1) is 15.8. The van der Waals surface area contributed by atoms with Gasteiger partial charge in [0.25, 0.3) is 5.91 Å². The smallest absolute Gasteiger partial charge is 0.260 e. The second-order valence-corrected chi connectivity index (χ2v) is 5.63. The van der Waals surface area contributed by atoms with E-state index in [1.54, 1.807) is 14.0 Å². The lowest BCUT2D eigenvalue weighted by Crippen LogP contribution is -2.33. The predicted molar refractivity (Wildman–Crippen MR) is 84.6 cm³/mol. The maximum Gasteiger partial charge on any atom is 0.260 e. The summed E-state index contributed by atoms with van der Waals surface area (Å²) in [5.74, 6) is 0.677. The molecule has 0 fully saturated rings. The van der Waals surface area contributed by atoms with Gasteiger partial charge in [-0.05, 0) is 62.4 Å². The van der Waals surface area contributed by atoms with Gasteiger partial charge < -0.3 is 15.4 Å². The van der Waals surface area contributed by atoms with Gasteiger partial charge in [0.05, 0.1) is 0 Å². The Labute approximate surface area is 127 Å². The quantitative estimate of drug-likeness (QED) is 0.846. The van der Waals surface area contributed by atoms with Crippen LogP contribution in [0.2, 0.25) is 0 Å². The van der Waals surface area contributed by atoms with Crippen LogP contribution in [0.4, 0.5) is 0 Å². The summed E-state index contributed by atoms with van der Waals surface area (Å²) in [6.45, 7) is 5.01. The molecule has 2 atom stereocenters. The molecule has 0 aliphatic heterocycles. The van der Waals surface area contributed by atoms with Crippen LogP contribution >= 0.6 is 0 Å². The molecular weight excluding hydrogens is 264 g/mol. The zero-order chi connectivity index (χ0) is 15.2. The Kier molecular flexibility index (Phi) is 5.62. The fourth-order valence-electron chi connectivity index (χ4n) is 2.86. The van der Waals surface area contributed by atoms with Gasteiger partial charge in [0.1, 0.15) is 5.75 Å². The first-order valence-electron chi connectivity index (χ1n) is 7.90. The third-order valence-electron chi connectivity index (χ3n) is 4.00. The number of aryl methyl sites for hydroxylation is 1. The molecule has 2 rings (SSSR count). The Bertz CT molecular complexity index is 488. The highest BCUT2D eigenvalue weighted by molar-refractivity contribution is 5.80. The third-order valence-corrected chi connectivity index (χ3v) is 4.00. The minimum absolute atomic E-state index is 0.102. The minimum atomic E-state index is -0.467. The molecule has 116 valence electrons. The average molecular weight is 290 g/mol. The summed E-state index contributed by atoms with van der Waals surface area (Å²) < 4.78 is 5.72. The summed E-state index contributed by atoms with van der Waals surface area (Å²) >= 11 is 0. The summed E-state index contributed by atoms with van der Waals surface area (Å²) in [5.41, 5.74) is 2.73. The molecule has 0 saturated heterocycles. The van der Waals surface area contributed by atoms with E-state index in [2.05, 4.69) is 29.7 Å². The standard InChI is InChI=1S/C17H26N2O2/c1-4-10-19-16-7-5-6-13-11-14(8-9-15(13)16)21-12(2)17(20)18-3/h8-9,11-12,16,19H,4-7,10H2,1-3H3,(H,18,20).